The van der Waals surface area contributed by atoms with E-state index in [-0.39, 0.29) is 5.91 Å². The third-order valence-corrected chi connectivity index (χ3v) is 4.38. The number of rotatable bonds is 5. The van der Waals surface area contributed by atoms with Gasteiger partial charge >= 0.3 is 0 Å². The molecule has 0 spiro atoms. The van der Waals surface area contributed by atoms with Gasteiger partial charge in [0.1, 0.15) is 12.3 Å². The topological polar surface area (TPSA) is 51.3 Å². The first kappa shape index (κ1) is 14.9. The summed E-state index contributed by atoms with van der Waals surface area (Å²) in [6, 6.07) is 6.13. The van der Waals surface area contributed by atoms with Crippen LogP contribution in [0.15, 0.2) is 28.9 Å². The molecule has 3 rings (SSSR count). The van der Waals surface area contributed by atoms with E-state index in [1.165, 1.54) is 12.8 Å². The normalized spacial score (nSPS) is 15.4. The summed E-state index contributed by atoms with van der Waals surface area (Å²) in [7, 11) is 0. The van der Waals surface area contributed by atoms with Gasteiger partial charge in [0, 0.05) is 11.7 Å². The third-order valence-electron chi connectivity index (χ3n) is 4.38. The van der Waals surface area contributed by atoms with E-state index in [0.717, 1.165) is 30.0 Å². The van der Waals surface area contributed by atoms with Crippen LogP contribution in [-0.2, 0) is 17.9 Å². The molecule has 118 valence electrons. The molecular formula is C17H23N3O2. The molecule has 0 atom stereocenters. The number of amides is 1. The van der Waals surface area contributed by atoms with Crippen LogP contribution in [0.4, 0.5) is 0 Å². The second kappa shape index (κ2) is 6.38. The first-order valence-corrected chi connectivity index (χ1v) is 7.96. The molecule has 1 amide bonds. The molecule has 0 radical (unpaired) electrons. The van der Waals surface area contributed by atoms with E-state index < -0.39 is 0 Å². The fourth-order valence-electron chi connectivity index (χ4n) is 3.26. The van der Waals surface area contributed by atoms with E-state index in [1.807, 2.05) is 36.9 Å². The van der Waals surface area contributed by atoms with E-state index in [9.17, 15) is 4.79 Å². The van der Waals surface area contributed by atoms with Gasteiger partial charge in [-0.25, -0.2) is 0 Å². The smallest absolute Gasteiger partial charge is 0.244 e. The number of hydrogen-bond acceptors (Lipinski definition) is 3. The van der Waals surface area contributed by atoms with Gasteiger partial charge in [-0.3, -0.25) is 9.48 Å². The Morgan fingerprint density at radius 1 is 1.41 bits per heavy atom. The number of carbonyl (C=O) groups is 1. The predicted octanol–water partition coefficient (Wildman–Crippen LogP) is 3.06. The minimum atomic E-state index is 0.120. The van der Waals surface area contributed by atoms with E-state index in [4.69, 9.17) is 4.42 Å². The van der Waals surface area contributed by atoms with Crippen molar-refractivity contribution in [2.45, 2.75) is 58.7 Å². The van der Waals surface area contributed by atoms with Crippen LogP contribution in [0.1, 0.15) is 42.8 Å². The van der Waals surface area contributed by atoms with Crippen LogP contribution in [0.3, 0.4) is 0 Å². The lowest BCUT2D eigenvalue weighted by atomic mass is 10.2. The zero-order valence-corrected chi connectivity index (χ0v) is 13.3. The van der Waals surface area contributed by atoms with Gasteiger partial charge < -0.3 is 9.32 Å². The van der Waals surface area contributed by atoms with Gasteiger partial charge in [0.15, 0.2) is 0 Å². The van der Waals surface area contributed by atoms with Crippen LogP contribution in [0.2, 0.25) is 0 Å². The summed E-state index contributed by atoms with van der Waals surface area (Å²) in [5.41, 5.74) is 1.97. The molecule has 1 saturated carbocycles. The number of hydrogen-bond donors (Lipinski definition) is 0. The highest BCUT2D eigenvalue weighted by Gasteiger charge is 2.27. The largest absolute Gasteiger partial charge is 0.467 e. The molecule has 2 aromatic heterocycles. The minimum absolute atomic E-state index is 0.120. The first-order valence-electron chi connectivity index (χ1n) is 7.96. The molecule has 1 aliphatic rings. The number of aromatic nitrogens is 2. The average Bonchev–Trinajstić information content (AvgIpc) is 3.20. The molecule has 0 N–H and O–H groups in total. The van der Waals surface area contributed by atoms with E-state index in [2.05, 4.69) is 5.10 Å². The van der Waals surface area contributed by atoms with Crippen molar-refractivity contribution >= 4 is 5.91 Å². The number of aryl methyl sites for hydroxylation is 2. The molecule has 5 heteroatoms. The standard InChI is InChI=1S/C17H23N3O2/c1-13-10-14(2)20(18-13)12-17(21)19(15-6-3-4-7-15)11-16-8-5-9-22-16/h5,8-10,15H,3-4,6-7,11-12H2,1-2H3. The second-order valence-electron chi connectivity index (χ2n) is 6.12. The van der Waals surface area contributed by atoms with Crippen LogP contribution in [0.25, 0.3) is 0 Å². The van der Waals surface area contributed by atoms with Crippen LogP contribution in [-0.4, -0.2) is 26.6 Å². The van der Waals surface area contributed by atoms with Gasteiger partial charge in [0.25, 0.3) is 0 Å². The van der Waals surface area contributed by atoms with Crippen LogP contribution in [0.5, 0.6) is 0 Å². The molecule has 0 bridgehead atoms. The van der Waals surface area contributed by atoms with Crippen LogP contribution < -0.4 is 0 Å². The summed E-state index contributed by atoms with van der Waals surface area (Å²) in [6.07, 6.45) is 6.24. The Morgan fingerprint density at radius 2 is 2.18 bits per heavy atom. The highest BCUT2D eigenvalue weighted by atomic mass is 16.3. The summed E-state index contributed by atoms with van der Waals surface area (Å²) in [5.74, 6) is 0.961. The van der Waals surface area contributed by atoms with Crippen molar-refractivity contribution in [2.24, 2.45) is 0 Å². The summed E-state index contributed by atoms with van der Waals surface area (Å²) < 4.78 is 7.23. The molecule has 2 aromatic rings. The highest BCUT2D eigenvalue weighted by molar-refractivity contribution is 5.76. The molecule has 5 nitrogen and oxygen atoms in total. The molecular weight excluding hydrogens is 278 g/mol. The lowest BCUT2D eigenvalue weighted by Crippen LogP contribution is -2.40. The Balaban J connectivity index is 1.75. The Bertz CT molecular complexity index is 624. The average molecular weight is 301 g/mol. The van der Waals surface area contributed by atoms with Gasteiger partial charge in [-0.2, -0.15) is 5.10 Å². The Kier molecular flexibility index (Phi) is 4.32. The number of nitrogens with zero attached hydrogens (tertiary/aromatic N) is 3. The molecule has 0 saturated heterocycles. The quantitative estimate of drug-likeness (QED) is 0.853. The number of carbonyl (C=O) groups excluding carboxylic acids is 1. The van der Waals surface area contributed by atoms with Crippen molar-refractivity contribution in [3.8, 4) is 0 Å². The maximum Gasteiger partial charge on any atom is 0.244 e. The second-order valence-corrected chi connectivity index (χ2v) is 6.12. The van der Waals surface area contributed by atoms with Crippen molar-refractivity contribution in [2.75, 3.05) is 0 Å². The Morgan fingerprint density at radius 3 is 2.77 bits per heavy atom. The first-order chi connectivity index (χ1) is 10.6. The Labute approximate surface area is 130 Å². The fraction of sp³-hybridized carbons (Fsp3) is 0.529. The van der Waals surface area contributed by atoms with Crippen LogP contribution in [0, 0.1) is 13.8 Å². The Hall–Kier alpha value is -2.04. The van der Waals surface area contributed by atoms with Crippen molar-refractivity contribution in [3.05, 3.63) is 41.6 Å². The monoisotopic (exact) mass is 301 g/mol. The van der Waals surface area contributed by atoms with Crippen molar-refractivity contribution < 1.29 is 9.21 Å². The third kappa shape index (κ3) is 3.24. The summed E-state index contributed by atoms with van der Waals surface area (Å²) in [4.78, 5) is 14.8. The van der Waals surface area contributed by atoms with Crippen molar-refractivity contribution in [3.63, 3.8) is 0 Å². The maximum atomic E-state index is 12.8. The predicted molar refractivity (Wildman–Crippen MR) is 83.2 cm³/mol. The van der Waals surface area contributed by atoms with E-state index in [1.54, 1.807) is 10.9 Å². The van der Waals surface area contributed by atoms with Crippen molar-refractivity contribution in [1.82, 2.24) is 14.7 Å². The van der Waals surface area contributed by atoms with Gasteiger partial charge in [-0.1, -0.05) is 12.8 Å². The molecule has 0 aliphatic heterocycles. The van der Waals surface area contributed by atoms with E-state index >= 15 is 0 Å². The zero-order valence-electron chi connectivity index (χ0n) is 13.3. The zero-order chi connectivity index (χ0) is 15.5. The van der Waals surface area contributed by atoms with Crippen LogP contribution >= 0.6 is 0 Å². The summed E-state index contributed by atoms with van der Waals surface area (Å²) >= 11 is 0. The fourth-order valence-corrected chi connectivity index (χ4v) is 3.26. The molecule has 22 heavy (non-hydrogen) atoms. The van der Waals surface area contributed by atoms with Gasteiger partial charge in [0.2, 0.25) is 5.91 Å². The van der Waals surface area contributed by atoms with Gasteiger partial charge in [0.05, 0.1) is 18.5 Å². The molecule has 0 aromatic carbocycles. The highest BCUT2D eigenvalue weighted by Crippen LogP contribution is 2.25. The molecule has 1 aliphatic carbocycles. The maximum absolute atomic E-state index is 12.8. The van der Waals surface area contributed by atoms with Gasteiger partial charge in [-0.15, -0.1) is 0 Å². The lowest BCUT2D eigenvalue weighted by Gasteiger charge is -2.28. The summed E-state index contributed by atoms with van der Waals surface area (Å²) in [6.45, 7) is 4.79. The van der Waals surface area contributed by atoms with Gasteiger partial charge in [-0.05, 0) is 44.9 Å². The lowest BCUT2D eigenvalue weighted by molar-refractivity contribution is -0.135. The molecule has 0 unspecified atom stereocenters. The molecule has 2 heterocycles. The molecule has 1 fully saturated rings. The van der Waals surface area contributed by atoms with E-state index in [0.29, 0.717) is 19.1 Å². The minimum Gasteiger partial charge on any atom is -0.467 e. The SMILES string of the molecule is Cc1cc(C)n(CC(=O)N(Cc2ccco2)C2CCCC2)n1. The van der Waals surface area contributed by atoms with Crippen molar-refractivity contribution in [1.29, 1.82) is 0 Å². The number of furan rings is 1. The summed E-state index contributed by atoms with van der Waals surface area (Å²) in [5, 5.41) is 4.40.